The van der Waals surface area contributed by atoms with Crippen molar-refractivity contribution in [2.75, 3.05) is 0 Å². The van der Waals surface area contributed by atoms with Crippen LogP contribution < -0.4 is 0 Å². The fourth-order valence-electron chi connectivity index (χ4n) is 3.30. The van der Waals surface area contributed by atoms with E-state index in [-0.39, 0.29) is 24.0 Å². The van der Waals surface area contributed by atoms with E-state index in [2.05, 4.69) is 6.92 Å². The number of carbonyl (C=O) groups is 2. The lowest BCUT2D eigenvalue weighted by Crippen LogP contribution is -2.20. The summed E-state index contributed by atoms with van der Waals surface area (Å²) in [6.07, 6.45) is 11.9. The van der Waals surface area contributed by atoms with E-state index >= 15 is 0 Å². The number of carbonyl (C=O) groups excluding carboxylic acids is 1. The zero-order chi connectivity index (χ0) is 18.7. The van der Waals surface area contributed by atoms with Crippen LogP contribution in [0.4, 0.5) is 0 Å². The van der Waals surface area contributed by atoms with Gasteiger partial charge in [-0.15, -0.1) is 0 Å². The van der Waals surface area contributed by atoms with E-state index in [0.29, 0.717) is 32.1 Å². The summed E-state index contributed by atoms with van der Waals surface area (Å²) in [5.74, 6) is -1.04. The highest BCUT2D eigenvalue weighted by molar-refractivity contribution is 5.89. The Balaban J connectivity index is 2.48. The average molecular weight is 352 g/mol. The zero-order valence-electron chi connectivity index (χ0n) is 15.1. The van der Waals surface area contributed by atoms with Crippen LogP contribution in [0.2, 0.25) is 0 Å². The summed E-state index contributed by atoms with van der Waals surface area (Å²) < 4.78 is 0. The SMILES string of the molecule is CCCCCC(=O)/C=C/[C@@H]1[C@@H](CC=CCCCC(=O)O)[C@@H](O)C[C@H]1O. The third-order valence-corrected chi connectivity index (χ3v) is 4.78. The van der Waals surface area contributed by atoms with Gasteiger partial charge in [0.05, 0.1) is 12.2 Å². The highest BCUT2D eigenvalue weighted by Crippen LogP contribution is 2.36. The van der Waals surface area contributed by atoms with Crippen molar-refractivity contribution in [2.24, 2.45) is 11.8 Å². The van der Waals surface area contributed by atoms with E-state index in [1.807, 2.05) is 12.2 Å². The molecule has 0 aromatic heterocycles. The van der Waals surface area contributed by atoms with E-state index in [0.717, 1.165) is 19.3 Å². The van der Waals surface area contributed by atoms with Gasteiger partial charge in [0.15, 0.2) is 5.78 Å². The molecule has 0 aromatic rings. The van der Waals surface area contributed by atoms with Crippen molar-refractivity contribution >= 4 is 11.8 Å². The van der Waals surface area contributed by atoms with Gasteiger partial charge in [-0.3, -0.25) is 9.59 Å². The molecule has 142 valence electrons. The van der Waals surface area contributed by atoms with Gasteiger partial charge < -0.3 is 15.3 Å². The third kappa shape index (κ3) is 8.45. The molecule has 0 aliphatic heterocycles. The van der Waals surface area contributed by atoms with Crippen molar-refractivity contribution in [1.82, 2.24) is 0 Å². The molecule has 1 rings (SSSR count). The summed E-state index contributed by atoms with van der Waals surface area (Å²) in [6, 6.07) is 0. The first kappa shape index (κ1) is 21.6. The number of hydrogen-bond donors (Lipinski definition) is 3. The van der Waals surface area contributed by atoms with Gasteiger partial charge in [-0.1, -0.05) is 38.0 Å². The van der Waals surface area contributed by atoms with Crippen molar-refractivity contribution in [2.45, 2.75) is 76.9 Å². The lowest BCUT2D eigenvalue weighted by Gasteiger charge is -2.19. The van der Waals surface area contributed by atoms with Gasteiger partial charge in [0.1, 0.15) is 0 Å². The standard InChI is InChI=1S/C20H32O5/c1-2-3-6-9-15(21)12-13-17-16(18(22)14-19(17)23)10-7-4-5-8-11-20(24)25/h4,7,12-13,16-19,22-23H,2-3,5-6,8-11,14H2,1H3,(H,24,25)/b7-4?,13-12+/t16-,17-,18+,19-/m1/s1. The summed E-state index contributed by atoms with van der Waals surface area (Å²) in [7, 11) is 0. The number of carboxylic acid groups (broad SMARTS) is 1. The van der Waals surface area contributed by atoms with Crippen molar-refractivity contribution in [3.63, 3.8) is 0 Å². The maximum atomic E-state index is 11.9. The number of unbranched alkanes of at least 4 members (excludes halogenated alkanes) is 3. The van der Waals surface area contributed by atoms with Crippen molar-refractivity contribution in [1.29, 1.82) is 0 Å². The smallest absolute Gasteiger partial charge is 0.303 e. The Kier molecular flexibility index (Phi) is 10.3. The molecule has 5 nitrogen and oxygen atoms in total. The third-order valence-electron chi connectivity index (χ3n) is 4.78. The minimum absolute atomic E-state index is 0.0741. The van der Waals surface area contributed by atoms with Crippen LogP contribution in [-0.4, -0.2) is 39.3 Å². The van der Waals surface area contributed by atoms with Gasteiger partial charge in [0, 0.05) is 25.2 Å². The predicted molar refractivity (Wildman–Crippen MR) is 97.1 cm³/mol. The second-order valence-corrected chi connectivity index (χ2v) is 6.89. The molecule has 3 N–H and O–H groups in total. The van der Waals surface area contributed by atoms with Gasteiger partial charge in [-0.2, -0.15) is 0 Å². The Morgan fingerprint density at radius 3 is 2.48 bits per heavy atom. The summed E-state index contributed by atoms with van der Waals surface area (Å²) in [5, 5.41) is 28.9. The van der Waals surface area contributed by atoms with Crippen LogP contribution in [-0.2, 0) is 9.59 Å². The molecule has 0 bridgehead atoms. The Morgan fingerprint density at radius 2 is 1.80 bits per heavy atom. The van der Waals surface area contributed by atoms with Gasteiger partial charge in [-0.25, -0.2) is 0 Å². The Hall–Kier alpha value is -1.46. The van der Waals surface area contributed by atoms with E-state index in [1.165, 1.54) is 0 Å². The van der Waals surface area contributed by atoms with Gasteiger partial charge in [0.25, 0.3) is 0 Å². The molecule has 1 aliphatic rings. The number of aliphatic carboxylic acids is 1. The van der Waals surface area contributed by atoms with Crippen LogP contribution in [0.3, 0.4) is 0 Å². The maximum absolute atomic E-state index is 11.9. The van der Waals surface area contributed by atoms with Crippen molar-refractivity contribution in [3.05, 3.63) is 24.3 Å². The zero-order valence-corrected chi connectivity index (χ0v) is 15.1. The van der Waals surface area contributed by atoms with E-state index in [1.54, 1.807) is 12.2 Å². The first-order valence-corrected chi connectivity index (χ1v) is 9.39. The minimum atomic E-state index is -0.795. The Morgan fingerprint density at radius 1 is 1.04 bits per heavy atom. The molecule has 0 aromatic carbocycles. The van der Waals surface area contributed by atoms with Crippen molar-refractivity contribution in [3.8, 4) is 0 Å². The summed E-state index contributed by atoms with van der Waals surface area (Å²) >= 11 is 0. The predicted octanol–water partition coefficient (Wildman–Crippen LogP) is 3.25. The number of carboxylic acids is 1. The van der Waals surface area contributed by atoms with Crippen LogP contribution in [0.5, 0.6) is 0 Å². The van der Waals surface area contributed by atoms with E-state index in [4.69, 9.17) is 5.11 Å². The molecule has 0 heterocycles. The molecule has 5 heteroatoms. The van der Waals surface area contributed by atoms with E-state index in [9.17, 15) is 19.8 Å². The fourth-order valence-corrected chi connectivity index (χ4v) is 3.30. The van der Waals surface area contributed by atoms with Crippen LogP contribution in [0.15, 0.2) is 24.3 Å². The number of hydrogen-bond acceptors (Lipinski definition) is 4. The highest BCUT2D eigenvalue weighted by atomic mass is 16.4. The Labute approximate surface area is 150 Å². The summed E-state index contributed by atoms with van der Waals surface area (Å²) in [6.45, 7) is 2.09. The van der Waals surface area contributed by atoms with E-state index < -0.39 is 18.2 Å². The monoisotopic (exact) mass is 352 g/mol. The van der Waals surface area contributed by atoms with Crippen LogP contribution >= 0.6 is 0 Å². The number of ketones is 1. The maximum Gasteiger partial charge on any atom is 0.303 e. The molecule has 0 unspecified atom stereocenters. The quantitative estimate of drug-likeness (QED) is 0.285. The molecule has 4 atom stereocenters. The first-order chi connectivity index (χ1) is 12.0. The van der Waals surface area contributed by atoms with Gasteiger partial charge in [-0.05, 0) is 37.7 Å². The van der Waals surface area contributed by atoms with Crippen LogP contribution in [0, 0.1) is 11.8 Å². The summed E-state index contributed by atoms with van der Waals surface area (Å²) in [4.78, 5) is 22.3. The fraction of sp³-hybridized carbons (Fsp3) is 0.700. The molecule has 0 spiro atoms. The first-order valence-electron chi connectivity index (χ1n) is 9.39. The summed E-state index contributed by atoms with van der Waals surface area (Å²) in [5.41, 5.74) is 0. The lowest BCUT2D eigenvalue weighted by molar-refractivity contribution is -0.137. The Bertz CT molecular complexity index is 469. The molecular weight excluding hydrogens is 320 g/mol. The minimum Gasteiger partial charge on any atom is -0.481 e. The highest BCUT2D eigenvalue weighted by Gasteiger charge is 2.39. The van der Waals surface area contributed by atoms with Gasteiger partial charge >= 0.3 is 5.97 Å². The molecular formula is C20H32O5. The number of aliphatic hydroxyl groups excluding tert-OH is 2. The topological polar surface area (TPSA) is 94.8 Å². The molecule has 25 heavy (non-hydrogen) atoms. The number of allylic oxidation sites excluding steroid dienone is 3. The largest absolute Gasteiger partial charge is 0.481 e. The number of aliphatic hydroxyl groups is 2. The molecule has 0 radical (unpaired) electrons. The van der Waals surface area contributed by atoms with Gasteiger partial charge in [0.2, 0.25) is 0 Å². The second-order valence-electron chi connectivity index (χ2n) is 6.89. The number of rotatable bonds is 12. The van der Waals surface area contributed by atoms with Crippen LogP contribution in [0.25, 0.3) is 0 Å². The van der Waals surface area contributed by atoms with Crippen molar-refractivity contribution < 1.29 is 24.9 Å². The lowest BCUT2D eigenvalue weighted by atomic mass is 9.89. The normalized spacial score (nSPS) is 26.7. The molecule has 1 fully saturated rings. The molecule has 1 saturated carbocycles. The average Bonchev–Trinajstić information content (AvgIpc) is 2.82. The molecule has 0 saturated heterocycles. The van der Waals surface area contributed by atoms with Crippen LogP contribution in [0.1, 0.15) is 64.7 Å². The second kappa shape index (κ2) is 12.0. The molecule has 0 amide bonds. The molecule has 1 aliphatic carbocycles.